The molecule has 0 radical (unpaired) electrons. The van der Waals surface area contributed by atoms with Crippen LogP contribution >= 0.6 is 11.3 Å². The minimum atomic E-state index is -0.146. The summed E-state index contributed by atoms with van der Waals surface area (Å²) in [6, 6.07) is 2.20. The summed E-state index contributed by atoms with van der Waals surface area (Å²) in [5.74, 6) is 0.736. The Labute approximate surface area is 163 Å². The van der Waals surface area contributed by atoms with Crippen molar-refractivity contribution in [3.63, 3.8) is 0 Å². The number of fused-ring (bicyclic) bond motifs is 1. The van der Waals surface area contributed by atoms with Gasteiger partial charge in [0.05, 0.1) is 23.6 Å². The third-order valence-corrected chi connectivity index (χ3v) is 7.08. The normalized spacial score (nSPS) is 32.0. The molecule has 3 fully saturated rings. The topological polar surface area (TPSA) is 67.4 Å². The standard InChI is InChI=1S/C20H24N4O2S/c1-13-6-22-17(8-21-13)19(25)23-7-15-16-10-24(9-14-3-5-27-11-14)12-20(16)4-2-18(15)26-20/h3,5-6,8,11,15-16,18H,2,4,7,9-10,12H2,1H3,(H,23,25)/t15-,16+,18+,20+/m0/s1. The molecule has 142 valence electrons. The Hall–Kier alpha value is -1.83. The fraction of sp³-hybridized carbons (Fsp3) is 0.550. The Morgan fingerprint density at radius 2 is 2.37 bits per heavy atom. The number of rotatable bonds is 5. The van der Waals surface area contributed by atoms with E-state index in [1.807, 2.05) is 6.92 Å². The van der Waals surface area contributed by atoms with Crippen molar-refractivity contribution in [2.45, 2.75) is 38.0 Å². The number of aryl methyl sites for hydroxylation is 1. The molecule has 7 heteroatoms. The van der Waals surface area contributed by atoms with Crippen LogP contribution in [0.1, 0.15) is 34.6 Å². The third kappa shape index (κ3) is 3.07. The molecule has 1 spiro atoms. The maximum absolute atomic E-state index is 12.4. The highest BCUT2D eigenvalue weighted by atomic mass is 32.1. The number of carbonyl (C=O) groups is 1. The van der Waals surface area contributed by atoms with E-state index in [9.17, 15) is 4.79 Å². The van der Waals surface area contributed by atoms with Crippen molar-refractivity contribution in [3.8, 4) is 0 Å². The van der Waals surface area contributed by atoms with Gasteiger partial charge in [-0.05, 0) is 42.2 Å². The van der Waals surface area contributed by atoms with Crippen molar-refractivity contribution in [2.24, 2.45) is 11.8 Å². The molecule has 5 rings (SSSR count). The number of likely N-dealkylation sites (tertiary alicyclic amines) is 1. The van der Waals surface area contributed by atoms with Gasteiger partial charge >= 0.3 is 0 Å². The van der Waals surface area contributed by atoms with Crippen LogP contribution in [0.3, 0.4) is 0 Å². The largest absolute Gasteiger partial charge is 0.370 e. The summed E-state index contributed by atoms with van der Waals surface area (Å²) in [6.07, 6.45) is 5.71. The molecule has 3 aliphatic heterocycles. The summed E-state index contributed by atoms with van der Waals surface area (Å²) in [5.41, 5.74) is 2.57. The highest BCUT2D eigenvalue weighted by Crippen LogP contribution is 2.54. The van der Waals surface area contributed by atoms with Crippen LogP contribution < -0.4 is 5.32 Å². The predicted molar refractivity (Wildman–Crippen MR) is 103 cm³/mol. The number of hydrogen-bond donors (Lipinski definition) is 1. The van der Waals surface area contributed by atoms with Crippen molar-refractivity contribution in [1.29, 1.82) is 0 Å². The lowest BCUT2D eigenvalue weighted by molar-refractivity contribution is 0.00213. The van der Waals surface area contributed by atoms with Gasteiger partial charge in [-0.2, -0.15) is 11.3 Å². The molecule has 1 amide bonds. The molecule has 0 aliphatic carbocycles. The lowest BCUT2D eigenvalue weighted by Crippen LogP contribution is -2.42. The molecule has 0 unspecified atom stereocenters. The molecule has 3 aliphatic rings. The van der Waals surface area contributed by atoms with E-state index < -0.39 is 0 Å². The van der Waals surface area contributed by atoms with Crippen molar-refractivity contribution in [1.82, 2.24) is 20.2 Å². The zero-order valence-corrected chi connectivity index (χ0v) is 16.2. The zero-order chi connectivity index (χ0) is 18.4. The lowest BCUT2D eigenvalue weighted by Gasteiger charge is -2.29. The molecule has 2 aromatic rings. The van der Waals surface area contributed by atoms with E-state index in [1.54, 1.807) is 23.7 Å². The Kier molecular flexibility index (Phi) is 4.26. The van der Waals surface area contributed by atoms with E-state index in [-0.39, 0.29) is 17.6 Å². The lowest BCUT2D eigenvalue weighted by atomic mass is 9.73. The van der Waals surface area contributed by atoms with Crippen molar-refractivity contribution < 1.29 is 9.53 Å². The first-order chi connectivity index (χ1) is 13.1. The Morgan fingerprint density at radius 3 is 3.15 bits per heavy atom. The smallest absolute Gasteiger partial charge is 0.271 e. The monoisotopic (exact) mass is 384 g/mol. The van der Waals surface area contributed by atoms with Crippen molar-refractivity contribution in [3.05, 3.63) is 46.2 Å². The van der Waals surface area contributed by atoms with Gasteiger partial charge < -0.3 is 10.1 Å². The van der Waals surface area contributed by atoms with Crippen LogP contribution in [0.15, 0.2) is 29.2 Å². The molecule has 2 aromatic heterocycles. The highest BCUT2D eigenvalue weighted by Gasteiger charge is 2.62. The number of nitrogens with zero attached hydrogens (tertiary/aromatic N) is 3. The number of carbonyl (C=O) groups excluding carboxylic acids is 1. The second-order valence-electron chi connectivity index (χ2n) is 8.08. The number of hydrogen-bond acceptors (Lipinski definition) is 6. The molecule has 0 aromatic carbocycles. The highest BCUT2D eigenvalue weighted by molar-refractivity contribution is 7.07. The van der Waals surface area contributed by atoms with Gasteiger partial charge in [0.25, 0.3) is 5.91 Å². The summed E-state index contributed by atoms with van der Waals surface area (Å²) in [5, 5.41) is 7.44. The number of nitrogens with one attached hydrogen (secondary N) is 1. The maximum atomic E-state index is 12.4. The molecule has 6 nitrogen and oxygen atoms in total. The molecule has 0 saturated carbocycles. The summed E-state index contributed by atoms with van der Waals surface area (Å²) in [6.45, 7) is 5.57. The molecule has 1 N–H and O–H groups in total. The molecule has 27 heavy (non-hydrogen) atoms. The quantitative estimate of drug-likeness (QED) is 0.856. The van der Waals surface area contributed by atoms with E-state index in [0.717, 1.165) is 38.2 Å². The molecule has 5 heterocycles. The van der Waals surface area contributed by atoms with Crippen LogP contribution in [0.2, 0.25) is 0 Å². The first-order valence-corrected chi connectivity index (χ1v) is 10.6. The Morgan fingerprint density at radius 1 is 1.44 bits per heavy atom. The number of amides is 1. The van der Waals surface area contributed by atoms with Crippen LogP contribution in [0.25, 0.3) is 0 Å². The van der Waals surface area contributed by atoms with Crippen LogP contribution in [0.4, 0.5) is 0 Å². The average molecular weight is 385 g/mol. The first kappa shape index (κ1) is 17.3. The summed E-state index contributed by atoms with van der Waals surface area (Å²) in [4.78, 5) is 23.3. The van der Waals surface area contributed by atoms with Crippen molar-refractivity contribution in [2.75, 3.05) is 19.6 Å². The van der Waals surface area contributed by atoms with E-state index in [4.69, 9.17) is 4.74 Å². The number of thiophene rings is 1. The molecule has 4 atom stereocenters. The minimum Gasteiger partial charge on any atom is -0.370 e. The van der Waals surface area contributed by atoms with Gasteiger partial charge in [-0.15, -0.1) is 0 Å². The van der Waals surface area contributed by atoms with E-state index in [2.05, 4.69) is 37.0 Å². The predicted octanol–water partition coefficient (Wildman–Crippen LogP) is 2.26. The molecule has 2 bridgehead atoms. The molecule has 3 saturated heterocycles. The van der Waals surface area contributed by atoms with Gasteiger partial charge in [0.1, 0.15) is 5.69 Å². The first-order valence-electron chi connectivity index (χ1n) is 9.61. The van der Waals surface area contributed by atoms with Crippen LogP contribution in [-0.4, -0.2) is 52.1 Å². The Balaban J connectivity index is 1.24. The zero-order valence-electron chi connectivity index (χ0n) is 15.4. The maximum Gasteiger partial charge on any atom is 0.271 e. The minimum absolute atomic E-state index is 0.000251. The van der Waals surface area contributed by atoms with Gasteiger partial charge in [-0.1, -0.05) is 0 Å². The summed E-state index contributed by atoms with van der Waals surface area (Å²) < 4.78 is 6.48. The second kappa shape index (κ2) is 6.65. The fourth-order valence-corrected chi connectivity index (χ4v) is 5.79. The van der Waals surface area contributed by atoms with Crippen LogP contribution in [0, 0.1) is 18.8 Å². The SMILES string of the molecule is Cc1cnc(C(=O)NC[C@H]2[C@H]3CN(Cc4ccsc4)C[C@]34CC[C@H]2O4)cn1. The molecular weight excluding hydrogens is 360 g/mol. The van der Waals surface area contributed by atoms with E-state index in [1.165, 1.54) is 5.56 Å². The second-order valence-corrected chi connectivity index (χ2v) is 8.86. The van der Waals surface area contributed by atoms with E-state index >= 15 is 0 Å². The fourth-order valence-electron chi connectivity index (χ4n) is 5.13. The summed E-state index contributed by atoms with van der Waals surface area (Å²) in [7, 11) is 0. The van der Waals surface area contributed by atoms with Gasteiger partial charge in [0, 0.05) is 44.2 Å². The third-order valence-electron chi connectivity index (χ3n) is 6.35. The van der Waals surface area contributed by atoms with Crippen molar-refractivity contribution >= 4 is 17.2 Å². The number of ether oxygens (including phenoxy) is 1. The van der Waals surface area contributed by atoms with E-state index in [0.29, 0.717) is 24.1 Å². The van der Waals surface area contributed by atoms with Crippen LogP contribution in [0.5, 0.6) is 0 Å². The average Bonchev–Trinajstić information content (AvgIpc) is 3.42. The Bertz CT molecular complexity index is 825. The van der Waals surface area contributed by atoms with Gasteiger partial charge in [-0.3, -0.25) is 14.7 Å². The van der Waals surface area contributed by atoms with Crippen LogP contribution in [-0.2, 0) is 11.3 Å². The number of aromatic nitrogens is 2. The van der Waals surface area contributed by atoms with Gasteiger partial charge in [0.2, 0.25) is 0 Å². The van der Waals surface area contributed by atoms with Gasteiger partial charge in [0.15, 0.2) is 0 Å². The van der Waals surface area contributed by atoms with Gasteiger partial charge in [-0.25, -0.2) is 4.98 Å². The summed E-state index contributed by atoms with van der Waals surface area (Å²) >= 11 is 1.75. The molecular formula is C20H24N4O2S.